The zero-order valence-corrected chi connectivity index (χ0v) is 12.9. The van der Waals surface area contributed by atoms with E-state index in [0.717, 1.165) is 18.5 Å². The molecule has 0 bridgehead atoms. The number of rotatable bonds is 2. The minimum absolute atomic E-state index is 0.115. The van der Waals surface area contributed by atoms with E-state index < -0.39 is 5.60 Å². The summed E-state index contributed by atoms with van der Waals surface area (Å²) in [6, 6.07) is 4.12. The Morgan fingerprint density at radius 2 is 2.33 bits per heavy atom. The molecule has 0 radical (unpaired) electrons. The number of ether oxygens (including phenoxy) is 1. The van der Waals surface area contributed by atoms with Crippen molar-refractivity contribution in [3.8, 4) is 6.07 Å². The molecule has 1 saturated heterocycles. The van der Waals surface area contributed by atoms with Crippen LogP contribution in [0.2, 0.25) is 0 Å². The van der Waals surface area contributed by atoms with Gasteiger partial charge in [-0.25, -0.2) is 4.79 Å². The molecule has 114 valence electrons. The van der Waals surface area contributed by atoms with Crippen molar-refractivity contribution in [2.45, 2.75) is 51.7 Å². The molecule has 1 atom stereocenters. The first-order valence-electron chi connectivity index (χ1n) is 7.28. The Morgan fingerprint density at radius 1 is 1.57 bits per heavy atom. The van der Waals surface area contributed by atoms with Crippen molar-refractivity contribution in [2.24, 2.45) is 0 Å². The van der Waals surface area contributed by atoms with Gasteiger partial charge >= 0.3 is 6.09 Å². The third kappa shape index (κ3) is 3.97. The van der Waals surface area contributed by atoms with Crippen molar-refractivity contribution in [2.75, 3.05) is 13.1 Å². The first-order valence-corrected chi connectivity index (χ1v) is 7.28. The molecule has 6 nitrogen and oxygen atoms in total. The predicted octanol–water partition coefficient (Wildman–Crippen LogP) is 2.52. The molecule has 1 aromatic heterocycles. The first-order chi connectivity index (χ1) is 9.90. The molecule has 0 spiro atoms. The molecular weight excluding hydrogens is 268 g/mol. The van der Waals surface area contributed by atoms with Gasteiger partial charge in [-0.3, -0.25) is 4.68 Å². The Morgan fingerprint density at radius 3 is 3.00 bits per heavy atom. The van der Waals surface area contributed by atoms with Gasteiger partial charge in [-0.15, -0.1) is 0 Å². The fraction of sp³-hybridized carbons (Fsp3) is 0.667. The van der Waals surface area contributed by atoms with Gasteiger partial charge in [0.15, 0.2) is 0 Å². The van der Waals surface area contributed by atoms with Crippen LogP contribution < -0.4 is 0 Å². The Balaban J connectivity index is 2.05. The molecule has 0 saturated carbocycles. The van der Waals surface area contributed by atoms with Crippen molar-refractivity contribution in [3.05, 3.63) is 18.0 Å². The van der Waals surface area contributed by atoms with Crippen LogP contribution in [0.5, 0.6) is 0 Å². The second kappa shape index (κ2) is 6.17. The van der Waals surface area contributed by atoms with E-state index in [4.69, 9.17) is 10.00 Å². The number of carbonyl (C=O) groups is 1. The minimum Gasteiger partial charge on any atom is -0.444 e. The van der Waals surface area contributed by atoms with Crippen molar-refractivity contribution >= 4 is 6.09 Å². The summed E-state index contributed by atoms with van der Waals surface area (Å²) in [6.07, 6.45) is 3.64. The lowest BCUT2D eigenvalue weighted by atomic mass is 10.1. The number of nitrogens with zero attached hydrogens (tertiary/aromatic N) is 4. The van der Waals surface area contributed by atoms with Crippen LogP contribution in [0.3, 0.4) is 0 Å². The van der Waals surface area contributed by atoms with Gasteiger partial charge in [0, 0.05) is 19.3 Å². The molecular formula is C15H22N4O2. The molecule has 0 aromatic carbocycles. The topological polar surface area (TPSA) is 71.2 Å². The maximum atomic E-state index is 12.2. The number of hydrogen-bond donors (Lipinski definition) is 0. The van der Waals surface area contributed by atoms with E-state index in [2.05, 4.69) is 11.2 Å². The van der Waals surface area contributed by atoms with E-state index in [0.29, 0.717) is 19.5 Å². The average Bonchev–Trinajstić information content (AvgIpc) is 2.86. The summed E-state index contributed by atoms with van der Waals surface area (Å²) >= 11 is 0. The van der Waals surface area contributed by atoms with E-state index in [1.807, 2.05) is 31.5 Å². The van der Waals surface area contributed by atoms with E-state index in [1.54, 1.807) is 11.1 Å². The van der Waals surface area contributed by atoms with Crippen LogP contribution >= 0.6 is 0 Å². The number of amides is 1. The molecule has 1 aromatic rings. The molecule has 0 N–H and O–H groups in total. The number of likely N-dealkylation sites (tertiary alicyclic amines) is 1. The van der Waals surface area contributed by atoms with Crippen LogP contribution in [0.1, 0.15) is 45.3 Å². The Bertz CT molecular complexity index is 539. The number of carbonyl (C=O) groups excluding carboxylic acids is 1. The quantitative estimate of drug-likeness (QED) is 0.839. The van der Waals surface area contributed by atoms with E-state index >= 15 is 0 Å². The van der Waals surface area contributed by atoms with Gasteiger partial charge in [0.05, 0.1) is 24.2 Å². The van der Waals surface area contributed by atoms with Crippen molar-refractivity contribution in [1.82, 2.24) is 14.7 Å². The molecule has 1 unspecified atom stereocenters. The Kier molecular flexibility index (Phi) is 4.51. The second-order valence-corrected chi connectivity index (χ2v) is 6.32. The van der Waals surface area contributed by atoms with Crippen molar-refractivity contribution < 1.29 is 9.53 Å². The summed E-state index contributed by atoms with van der Waals surface area (Å²) in [7, 11) is 0. The van der Waals surface area contributed by atoms with Crippen LogP contribution in [0, 0.1) is 11.3 Å². The van der Waals surface area contributed by atoms with Gasteiger partial charge in [-0.2, -0.15) is 10.4 Å². The van der Waals surface area contributed by atoms with E-state index in [1.165, 1.54) is 0 Å². The average molecular weight is 290 g/mol. The van der Waals surface area contributed by atoms with Crippen LogP contribution in [0.25, 0.3) is 0 Å². The van der Waals surface area contributed by atoms with Crippen LogP contribution in [0.4, 0.5) is 4.79 Å². The summed E-state index contributed by atoms with van der Waals surface area (Å²) < 4.78 is 7.30. The molecule has 0 aliphatic carbocycles. The molecule has 21 heavy (non-hydrogen) atoms. The van der Waals surface area contributed by atoms with Gasteiger partial charge in [-0.05, 0) is 39.7 Å². The number of hydrogen-bond acceptors (Lipinski definition) is 4. The maximum absolute atomic E-state index is 12.2. The summed E-state index contributed by atoms with van der Waals surface area (Å²) in [6.45, 7) is 6.88. The molecule has 1 aliphatic rings. The van der Waals surface area contributed by atoms with E-state index in [-0.39, 0.29) is 12.1 Å². The van der Waals surface area contributed by atoms with Crippen molar-refractivity contribution in [1.29, 1.82) is 5.26 Å². The maximum Gasteiger partial charge on any atom is 0.410 e. The van der Waals surface area contributed by atoms with Gasteiger partial charge in [0.25, 0.3) is 0 Å². The van der Waals surface area contributed by atoms with Gasteiger partial charge in [-0.1, -0.05) is 0 Å². The highest BCUT2D eigenvalue weighted by Crippen LogP contribution is 2.24. The first kappa shape index (κ1) is 15.4. The lowest BCUT2D eigenvalue weighted by molar-refractivity contribution is 0.0166. The van der Waals surface area contributed by atoms with Gasteiger partial charge < -0.3 is 9.64 Å². The van der Waals surface area contributed by atoms with Crippen LogP contribution in [-0.2, 0) is 11.2 Å². The number of piperidine rings is 1. The largest absolute Gasteiger partial charge is 0.444 e. The SMILES string of the molecule is CC(C)(C)OC(=O)N1CCCC(n2nccc2CC#N)C1. The highest BCUT2D eigenvalue weighted by molar-refractivity contribution is 5.68. The number of aromatic nitrogens is 2. The second-order valence-electron chi connectivity index (χ2n) is 6.32. The van der Waals surface area contributed by atoms with Crippen LogP contribution in [0.15, 0.2) is 12.3 Å². The summed E-state index contributed by atoms with van der Waals surface area (Å²) in [5, 5.41) is 13.2. The molecule has 6 heteroatoms. The van der Waals surface area contributed by atoms with Crippen LogP contribution in [-0.4, -0.2) is 39.5 Å². The highest BCUT2D eigenvalue weighted by Gasteiger charge is 2.29. The molecule has 2 heterocycles. The summed E-state index contributed by atoms with van der Waals surface area (Å²) in [5.41, 5.74) is 0.412. The minimum atomic E-state index is -0.484. The normalized spacial score (nSPS) is 19.1. The summed E-state index contributed by atoms with van der Waals surface area (Å²) in [4.78, 5) is 13.9. The third-order valence-corrected chi connectivity index (χ3v) is 3.41. The predicted molar refractivity (Wildman–Crippen MR) is 77.6 cm³/mol. The number of nitriles is 1. The van der Waals surface area contributed by atoms with Gasteiger partial charge in [0.2, 0.25) is 0 Å². The lowest BCUT2D eigenvalue weighted by Gasteiger charge is -2.34. The standard InChI is InChI=1S/C15H22N4O2/c1-15(2,3)21-14(20)18-10-4-5-13(11-18)19-12(6-8-16)7-9-17-19/h7,9,13H,4-6,10-11H2,1-3H3. The molecule has 2 rings (SSSR count). The zero-order chi connectivity index (χ0) is 15.5. The highest BCUT2D eigenvalue weighted by atomic mass is 16.6. The monoisotopic (exact) mass is 290 g/mol. The molecule has 1 aliphatic heterocycles. The van der Waals surface area contributed by atoms with E-state index in [9.17, 15) is 4.79 Å². The zero-order valence-electron chi connectivity index (χ0n) is 12.9. The fourth-order valence-electron chi connectivity index (χ4n) is 2.54. The molecule has 1 fully saturated rings. The lowest BCUT2D eigenvalue weighted by Crippen LogP contribution is -2.43. The Labute approximate surface area is 125 Å². The molecule has 1 amide bonds. The fourth-order valence-corrected chi connectivity index (χ4v) is 2.54. The smallest absolute Gasteiger partial charge is 0.410 e. The third-order valence-electron chi connectivity index (χ3n) is 3.41. The van der Waals surface area contributed by atoms with Gasteiger partial charge in [0.1, 0.15) is 5.60 Å². The van der Waals surface area contributed by atoms with Crippen molar-refractivity contribution in [3.63, 3.8) is 0 Å². The Hall–Kier alpha value is -2.03. The summed E-state index contributed by atoms with van der Waals surface area (Å²) in [5.74, 6) is 0.